The summed E-state index contributed by atoms with van der Waals surface area (Å²) in [6.45, 7) is 12.1. The molecule has 0 saturated carbocycles. The quantitative estimate of drug-likeness (QED) is 0.621. The first-order chi connectivity index (χ1) is 12.0. The summed E-state index contributed by atoms with van der Waals surface area (Å²) in [6.07, 6.45) is 0. The lowest BCUT2D eigenvalue weighted by Gasteiger charge is -2.29. The molecule has 1 aliphatic carbocycles. The summed E-state index contributed by atoms with van der Waals surface area (Å²) in [4.78, 5) is 18.1. The highest BCUT2D eigenvalue weighted by atomic mass is 16.3. The standard InChI is InChI=1S/C22H26N2O2/c1-21(2,3)23-15-11-12-16(25)18-17(15)20(26)14-10-8-7-9-13(14)19(18)24-22(4,5)6/h7-12,23,25H,1-6H3. The number of hydrogen-bond acceptors (Lipinski definition) is 4. The Balaban J connectivity index is 2.37. The van der Waals surface area contributed by atoms with Crippen molar-refractivity contribution in [1.29, 1.82) is 0 Å². The Kier molecular flexibility index (Phi) is 4.18. The lowest BCUT2D eigenvalue weighted by Crippen LogP contribution is -2.30. The van der Waals surface area contributed by atoms with Gasteiger partial charge in [0, 0.05) is 22.4 Å². The summed E-state index contributed by atoms with van der Waals surface area (Å²) in [5, 5.41) is 14.0. The SMILES string of the molecule is CC(C)(C)N=C1c2ccccc2C(=O)c2c(NC(C)(C)C)ccc(O)c21. The fourth-order valence-corrected chi connectivity index (χ4v) is 3.18. The fraction of sp³-hybridized carbons (Fsp3) is 0.364. The van der Waals surface area contributed by atoms with Crippen molar-refractivity contribution in [1.82, 2.24) is 0 Å². The van der Waals surface area contributed by atoms with Crippen LogP contribution in [0.15, 0.2) is 41.4 Å². The molecule has 0 spiro atoms. The number of benzene rings is 2. The number of aliphatic imine (C=N–C) groups is 1. The van der Waals surface area contributed by atoms with E-state index in [0.717, 1.165) is 5.56 Å². The summed E-state index contributed by atoms with van der Waals surface area (Å²) in [7, 11) is 0. The molecular formula is C22H26N2O2. The molecule has 3 rings (SSSR count). The Bertz CT molecular complexity index is 913. The van der Waals surface area contributed by atoms with Gasteiger partial charge in [0.2, 0.25) is 0 Å². The van der Waals surface area contributed by atoms with Gasteiger partial charge >= 0.3 is 0 Å². The van der Waals surface area contributed by atoms with Gasteiger partial charge in [-0.3, -0.25) is 9.79 Å². The Morgan fingerprint density at radius 2 is 1.50 bits per heavy atom. The summed E-state index contributed by atoms with van der Waals surface area (Å²) in [5.41, 5.74) is 3.20. The van der Waals surface area contributed by atoms with Crippen molar-refractivity contribution in [2.24, 2.45) is 4.99 Å². The number of anilines is 1. The second-order valence-electron chi connectivity index (χ2n) is 8.76. The third-order valence-electron chi connectivity index (χ3n) is 4.03. The molecule has 26 heavy (non-hydrogen) atoms. The Hall–Kier alpha value is -2.62. The topological polar surface area (TPSA) is 61.7 Å². The minimum absolute atomic E-state index is 0.0744. The number of phenols is 1. The lowest BCUT2D eigenvalue weighted by atomic mass is 9.81. The zero-order valence-corrected chi connectivity index (χ0v) is 16.3. The van der Waals surface area contributed by atoms with Crippen LogP contribution in [0.3, 0.4) is 0 Å². The molecule has 0 bridgehead atoms. The van der Waals surface area contributed by atoms with Crippen LogP contribution in [0.5, 0.6) is 5.75 Å². The van der Waals surface area contributed by atoms with Gasteiger partial charge in [0.15, 0.2) is 5.78 Å². The van der Waals surface area contributed by atoms with Gasteiger partial charge in [-0.15, -0.1) is 0 Å². The maximum atomic E-state index is 13.3. The molecule has 0 saturated heterocycles. The average Bonchev–Trinajstić information content (AvgIpc) is 2.51. The van der Waals surface area contributed by atoms with Crippen LogP contribution < -0.4 is 5.32 Å². The largest absolute Gasteiger partial charge is 0.507 e. The number of nitrogens with zero attached hydrogens (tertiary/aromatic N) is 1. The van der Waals surface area contributed by atoms with E-state index in [1.54, 1.807) is 12.1 Å². The van der Waals surface area contributed by atoms with Gasteiger partial charge in [0.1, 0.15) is 5.75 Å². The summed E-state index contributed by atoms with van der Waals surface area (Å²) < 4.78 is 0. The zero-order chi connectivity index (χ0) is 19.3. The van der Waals surface area contributed by atoms with Gasteiger partial charge in [-0.25, -0.2) is 0 Å². The van der Waals surface area contributed by atoms with E-state index in [4.69, 9.17) is 4.99 Å². The predicted molar refractivity (Wildman–Crippen MR) is 107 cm³/mol. The molecule has 0 atom stereocenters. The van der Waals surface area contributed by atoms with Crippen molar-refractivity contribution in [3.05, 3.63) is 58.7 Å². The number of carbonyl (C=O) groups excluding carboxylic acids is 1. The second kappa shape index (κ2) is 5.97. The van der Waals surface area contributed by atoms with Crippen molar-refractivity contribution >= 4 is 17.2 Å². The lowest BCUT2D eigenvalue weighted by molar-refractivity contribution is 0.103. The van der Waals surface area contributed by atoms with Gasteiger partial charge in [-0.05, 0) is 53.7 Å². The van der Waals surface area contributed by atoms with E-state index in [-0.39, 0.29) is 22.6 Å². The molecule has 4 heteroatoms. The van der Waals surface area contributed by atoms with E-state index in [0.29, 0.717) is 28.1 Å². The minimum Gasteiger partial charge on any atom is -0.507 e. The van der Waals surface area contributed by atoms with E-state index in [1.807, 2.05) is 65.8 Å². The van der Waals surface area contributed by atoms with Crippen LogP contribution in [-0.2, 0) is 0 Å². The molecule has 0 aliphatic heterocycles. The number of carbonyl (C=O) groups is 1. The van der Waals surface area contributed by atoms with Crippen molar-refractivity contribution in [2.75, 3.05) is 5.32 Å². The molecule has 2 aromatic carbocycles. The number of ketones is 1. The average molecular weight is 350 g/mol. The number of phenolic OH excluding ortho intramolecular Hbond substituents is 1. The number of nitrogens with one attached hydrogen (secondary N) is 1. The molecule has 2 aromatic rings. The molecule has 0 amide bonds. The van der Waals surface area contributed by atoms with Gasteiger partial charge in [-0.2, -0.15) is 0 Å². The van der Waals surface area contributed by atoms with E-state index in [9.17, 15) is 9.90 Å². The van der Waals surface area contributed by atoms with E-state index in [1.165, 1.54) is 0 Å². The van der Waals surface area contributed by atoms with Gasteiger partial charge in [-0.1, -0.05) is 24.3 Å². The normalized spacial score (nSPS) is 15.6. The van der Waals surface area contributed by atoms with Gasteiger partial charge in [0.05, 0.1) is 22.4 Å². The van der Waals surface area contributed by atoms with Crippen molar-refractivity contribution in [3.8, 4) is 5.75 Å². The Morgan fingerprint density at radius 3 is 2.08 bits per heavy atom. The van der Waals surface area contributed by atoms with Crippen LogP contribution in [0.1, 0.15) is 68.6 Å². The first-order valence-corrected chi connectivity index (χ1v) is 8.86. The van der Waals surface area contributed by atoms with E-state index in [2.05, 4.69) is 5.32 Å². The maximum absolute atomic E-state index is 13.3. The maximum Gasteiger partial charge on any atom is 0.196 e. The highest BCUT2D eigenvalue weighted by Crippen LogP contribution is 2.38. The highest BCUT2D eigenvalue weighted by Gasteiger charge is 2.34. The van der Waals surface area contributed by atoms with Crippen LogP contribution in [0, 0.1) is 0 Å². The van der Waals surface area contributed by atoms with Crippen LogP contribution in [0.25, 0.3) is 0 Å². The third-order valence-corrected chi connectivity index (χ3v) is 4.03. The van der Waals surface area contributed by atoms with E-state index < -0.39 is 0 Å². The van der Waals surface area contributed by atoms with Crippen LogP contribution >= 0.6 is 0 Å². The van der Waals surface area contributed by atoms with Crippen molar-refractivity contribution in [2.45, 2.75) is 52.6 Å². The molecule has 136 valence electrons. The molecular weight excluding hydrogens is 324 g/mol. The molecule has 4 nitrogen and oxygen atoms in total. The fourth-order valence-electron chi connectivity index (χ4n) is 3.18. The van der Waals surface area contributed by atoms with Crippen LogP contribution in [0.4, 0.5) is 5.69 Å². The second-order valence-corrected chi connectivity index (χ2v) is 8.76. The Morgan fingerprint density at radius 1 is 0.885 bits per heavy atom. The molecule has 0 unspecified atom stereocenters. The number of fused-ring (bicyclic) bond motifs is 2. The van der Waals surface area contributed by atoms with Gasteiger partial charge in [0.25, 0.3) is 0 Å². The summed E-state index contributed by atoms with van der Waals surface area (Å²) in [6, 6.07) is 10.9. The molecule has 1 aliphatic rings. The van der Waals surface area contributed by atoms with Crippen molar-refractivity contribution in [3.63, 3.8) is 0 Å². The first-order valence-electron chi connectivity index (χ1n) is 8.86. The molecule has 0 radical (unpaired) electrons. The van der Waals surface area contributed by atoms with Crippen LogP contribution in [0.2, 0.25) is 0 Å². The smallest absolute Gasteiger partial charge is 0.196 e. The first kappa shape index (κ1) is 18.2. The van der Waals surface area contributed by atoms with E-state index >= 15 is 0 Å². The highest BCUT2D eigenvalue weighted by molar-refractivity contribution is 6.32. The van der Waals surface area contributed by atoms with Crippen molar-refractivity contribution < 1.29 is 9.90 Å². The molecule has 0 fully saturated rings. The van der Waals surface area contributed by atoms with Gasteiger partial charge < -0.3 is 10.4 Å². The monoisotopic (exact) mass is 350 g/mol. The number of aromatic hydroxyl groups is 1. The molecule has 2 N–H and O–H groups in total. The van der Waals surface area contributed by atoms with Crippen LogP contribution in [-0.4, -0.2) is 27.7 Å². The Labute approximate surface area is 155 Å². The predicted octanol–water partition coefficient (Wildman–Crippen LogP) is 4.78. The molecule has 0 aromatic heterocycles. The number of rotatable bonds is 1. The third kappa shape index (κ3) is 3.36. The summed E-state index contributed by atoms with van der Waals surface area (Å²) >= 11 is 0. The summed E-state index contributed by atoms with van der Waals surface area (Å²) in [5.74, 6) is -0.0172. The minimum atomic E-state index is -0.347. The molecule has 0 heterocycles. The number of hydrogen-bond donors (Lipinski definition) is 2. The zero-order valence-electron chi connectivity index (χ0n) is 16.3.